The van der Waals surface area contributed by atoms with Crippen LogP contribution in [-0.2, 0) is 11.3 Å². The van der Waals surface area contributed by atoms with Crippen LogP contribution in [0.5, 0.6) is 17.2 Å². The van der Waals surface area contributed by atoms with Gasteiger partial charge in [0.1, 0.15) is 23.7 Å². The summed E-state index contributed by atoms with van der Waals surface area (Å²) in [6.45, 7) is 12.8. The van der Waals surface area contributed by atoms with Gasteiger partial charge in [-0.2, -0.15) is 26.3 Å². The molecule has 0 amide bonds. The Bertz CT molecular complexity index is 2140. The molecule has 0 fully saturated rings. The highest BCUT2D eigenvalue weighted by molar-refractivity contribution is 9.10. The number of rotatable bonds is 9. The second-order valence-electron chi connectivity index (χ2n) is 12.1. The summed E-state index contributed by atoms with van der Waals surface area (Å²) in [7, 11) is 1.54. The lowest BCUT2D eigenvalue weighted by molar-refractivity contribution is -0.208. The number of hydrogen-bond donors (Lipinski definition) is 3. The van der Waals surface area contributed by atoms with Gasteiger partial charge in [0.05, 0.1) is 40.5 Å². The van der Waals surface area contributed by atoms with Gasteiger partial charge in [0.15, 0.2) is 29.5 Å². The van der Waals surface area contributed by atoms with Gasteiger partial charge in [0.2, 0.25) is 0 Å². The van der Waals surface area contributed by atoms with Crippen LogP contribution < -0.4 is 9.47 Å². The monoisotopic (exact) mass is 840 g/mol. The van der Waals surface area contributed by atoms with E-state index in [0.29, 0.717) is 21.1 Å². The number of aromatic hydroxyl groups is 1. The Morgan fingerprint density at radius 2 is 1.33 bits per heavy atom. The predicted octanol–water partition coefficient (Wildman–Crippen LogP) is 10.1. The van der Waals surface area contributed by atoms with Crippen molar-refractivity contribution in [3.05, 3.63) is 111 Å². The number of allylic oxidation sites excluding steroid dienone is 1. The van der Waals surface area contributed by atoms with Gasteiger partial charge in [-0.15, -0.1) is 0 Å². The summed E-state index contributed by atoms with van der Waals surface area (Å²) in [4.78, 5) is 19.4. The van der Waals surface area contributed by atoms with E-state index in [0.717, 1.165) is 36.0 Å². The summed E-state index contributed by atoms with van der Waals surface area (Å²) in [5, 5.41) is 29.9. The fourth-order valence-electron chi connectivity index (χ4n) is 5.03. The molecule has 0 aliphatic carbocycles. The van der Waals surface area contributed by atoms with Crippen molar-refractivity contribution in [1.82, 2.24) is 9.97 Å². The Morgan fingerprint density at radius 3 is 1.78 bits per heavy atom. The fourth-order valence-corrected chi connectivity index (χ4v) is 5.66. The first-order valence-electron chi connectivity index (χ1n) is 16.4. The molecule has 16 heteroatoms. The van der Waals surface area contributed by atoms with Gasteiger partial charge in [-0.3, -0.25) is 4.79 Å². The molecule has 0 radical (unpaired) electrons. The lowest BCUT2D eigenvalue weighted by Crippen LogP contribution is -2.22. The molecule has 296 valence electrons. The van der Waals surface area contributed by atoms with E-state index in [1.54, 1.807) is 61.5 Å². The van der Waals surface area contributed by atoms with E-state index in [-0.39, 0.29) is 28.8 Å². The Kier molecular flexibility index (Phi) is 15.0. The van der Waals surface area contributed by atoms with Crippen molar-refractivity contribution in [2.24, 2.45) is 0 Å². The molecule has 55 heavy (non-hydrogen) atoms. The van der Waals surface area contributed by atoms with Gasteiger partial charge in [-0.05, 0) is 92.5 Å². The van der Waals surface area contributed by atoms with Crippen LogP contribution in [0.25, 0.3) is 21.8 Å². The molecule has 3 aromatic carbocycles. The number of halogens is 7. The first kappa shape index (κ1) is 44.5. The summed E-state index contributed by atoms with van der Waals surface area (Å²) in [6, 6.07) is 16.7. The van der Waals surface area contributed by atoms with Crippen LogP contribution in [0.2, 0.25) is 0 Å². The SMILES string of the molecule is C=C(C)OCC.CC(=O)c1c(O)c(C(O)C(F)(F)F)nc2ccc(C)cc12.COc1ccc(COc2c(C(O)C(F)(F)F)nc3ccc(C)cc3c2Br)cc1. The van der Waals surface area contributed by atoms with E-state index < -0.39 is 47.5 Å². The summed E-state index contributed by atoms with van der Waals surface area (Å²) in [5.74, 6) is -0.247. The number of carbonyl (C=O) groups excluding carboxylic acids is 1. The molecule has 2 unspecified atom stereocenters. The van der Waals surface area contributed by atoms with E-state index in [1.165, 1.54) is 13.2 Å². The van der Waals surface area contributed by atoms with Gasteiger partial charge in [0, 0.05) is 10.8 Å². The number of nitrogens with zero attached hydrogens (tertiary/aromatic N) is 2. The minimum absolute atomic E-state index is 0.000820. The Balaban J connectivity index is 0.000000265. The maximum atomic E-state index is 13.2. The molecule has 5 aromatic rings. The zero-order chi connectivity index (χ0) is 41.4. The number of fused-ring (bicyclic) bond motifs is 2. The average molecular weight is 842 g/mol. The largest absolute Gasteiger partial charge is 0.505 e. The highest BCUT2D eigenvalue weighted by Gasteiger charge is 2.44. The van der Waals surface area contributed by atoms with Gasteiger partial charge < -0.3 is 29.5 Å². The summed E-state index contributed by atoms with van der Waals surface area (Å²) >= 11 is 3.33. The standard InChI is InChI=1S/C20H17BrF3NO3.C14H12F3NO3.C5H10O/c1-11-3-8-15-14(9-11)16(21)18(17(25-15)19(26)20(22,23)24)28-10-12-4-6-13(27-2)7-5-12;1-6-3-4-9-8(5-6)10(7(2)19)12(20)11(18-9)13(21)14(15,16)17;1-4-6-5(2)3/h3-9,19,26H,10H2,1-2H3;3-5,13,20-21H,1-2H3;2,4H2,1,3H3. The van der Waals surface area contributed by atoms with Crippen LogP contribution in [0, 0.1) is 13.8 Å². The van der Waals surface area contributed by atoms with Crippen LogP contribution in [0.4, 0.5) is 26.3 Å². The zero-order valence-electron chi connectivity index (χ0n) is 30.6. The molecular weight excluding hydrogens is 802 g/mol. The first-order chi connectivity index (χ1) is 25.6. The topological polar surface area (TPSA) is 131 Å². The van der Waals surface area contributed by atoms with Crippen LogP contribution in [-0.4, -0.2) is 57.1 Å². The second kappa shape index (κ2) is 18.6. The first-order valence-corrected chi connectivity index (χ1v) is 17.2. The fraction of sp³-hybridized carbons (Fsp3) is 0.308. The molecule has 0 spiro atoms. The number of ether oxygens (including phenoxy) is 3. The molecule has 9 nitrogen and oxygen atoms in total. The minimum Gasteiger partial charge on any atom is -0.505 e. The molecule has 0 aliphatic heterocycles. The lowest BCUT2D eigenvalue weighted by Gasteiger charge is -2.20. The number of Topliss-reactive ketones (excluding diaryl/α,β-unsaturated/α-hetero) is 1. The van der Waals surface area contributed by atoms with Crippen LogP contribution in [0.1, 0.15) is 71.4 Å². The number of hydrogen-bond acceptors (Lipinski definition) is 9. The lowest BCUT2D eigenvalue weighted by atomic mass is 10.00. The van der Waals surface area contributed by atoms with E-state index in [1.807, 2.05) is 20.8 Å². The van der Waals surface area contributed by atoms with Gasteiger partial charge in [0.25, 0.3) is 0 Å². The van der Waals surface area contributed by atoms with Crippen molar-refractivity contribution in [3.8, 4) is 17.2 Å². The number of aliphatic hydroxyl groups is 2. The molecule has 2 heterocycles. The third-order valence-electron chi connectivity index (χ3n) is 7.63. The van der Waals surface area contributed by atoms with E-state index in [9.17, 15) is 46.5 Å². The summed E-state index contributed by atoms with van der Waals surface area (Å²) < 4.78 is 93.3. The second-order valence-corrected chi connectivity index (χ2v) is 12.9. The Labute approximate surface area is 321 Å². The molecule has 0 saturated heterocycles. The number of aromatic nitrogens is 2. The molecule has 0 saturated carbocycles. The molecule has 3 N–H and O–H groups in total. The van der Waals surface area contributed by atoms with Gasteiger partial charge in [-0.1, -0.05) is 42.0 Å². The van der Waals surface area contributed by atoms with Gasteiger partial charge >= 0.3 is 12.4 Å². The molecule has 5 rings (SSSR count). The number of benzene rings is 3. The van der Waals surface area contributed by atoms with Crippen molar-refractivity contribution >= 4 is 43.5 Å². The number of carbonyl (C=O) groups is 1. The highest BCUT2D eigenvalue weighted by atomic mass is 79.9. The van der Waals surface area contributed by atoms with Crippen LogP contribution >= 0.6 is 15.9 Å². The molecule has 2 aromatic heterocycles. The van der Waals surface area contributed by atoms with Crippen molar-refractivity contribution < 1.29 is 60.7 Å². The average Bonchev–Trinajstić information content (AvgIpc) is 3.10. The number of pyridine rings is 2. The van der Waals surface area contributed by atoms with E-state index in [2.05, 4.69) is 32.5 Å². The molecule has 2 atom stereocenters. The molecule has 0 bridgehead atoms. The molecular formula is C39H39BrF6N2O7. The smallest absolute Gasteiger partial charge is 0.420 e. The Hall–Kier alpha value is -4.93. The number of alkyl halides is 6. The van der Waals surface area contributed by atoms with E-state index in [4.69, 9.17) is 14.2 Å². The number of methoxy groups -OCH3 is 1. The molecule has 0 aliphatic rings. The van der Waals surface area contributed by atoms with Gasteiger partial charge in [-0.25, -0.2) is 9.97 Å². The Morgan fingerprint density at radius 1 is 0.836 bits per heavy atom. The normalized spacial score (nSPS) is 12.5. The number of ketones is 1. The van der Waals surface area contributed by atoms with E-state index >= 15 is 0 Å². The van der Waals surface area contributed by atoms with Crippen LogP contribution in [0.3, 0.4) is 0 Å². The van der Waals surface area contributed by atoms with Crippen molar-refractivity contribution in [2.75, 3.05) is 13.7 Å². The summed E-state index contributed by atoms with van der Waals surface area (Å²) in [6.07, 6.45) is -15.6. The summed E-state index contributed by atoms with van der Waals surface area (Å²) in [5.41, 5.74) is 1.00. The van der Waals surface area contributed by atoms with Crippen molar-refractivity contribution in [1.29, 1.82) is 0 Å². The maximum Gasteiger partial charge on any atom is 0.420 e. The number of aryl methyl sites for hydroxylation is 2. The third-order valence-corrected chi connectivity index (χ3v) is 8.41. The van der Waals surface area contributed by atoms with Crippen molar-refractivity contribution in [2.45, 2.75) is 65.8 Å². The quantitative estimate of drug-likeness (QED) is 0.0754. The van der Waals surface area contributed by atoms with Crippen LogP contribution in [0.15, 0.2) is 77.5 Å². The minimum atomic E-state index is -4.99. The highest BCUT2D eigenvalue weighted by Crippen LogP contribution is 2.43. The number of aliphatic hydroxyl groups excluding tert-OH is 2. The predicted molar refractivity (Wildman–Crippen MR) is 198 cm³/mol. The zero-order valence-corrected chi connectivity index (χ0v) is 32.2. The van der Waals surface area contributed by atoms with Crippen molar-refractivity contribution in [3.63, 3.8) is 0 Å². The maximum absolute atomic E-state index is 13.2. The third kappa shape index (κ3) is 11.5.